The van der Waals surface area contributed by atoms with Crippen molar-refractivity contribution in [1.82, 2.24) is 9.88 Å². The third-order valence-corrected chi connectivity index (χ3v) is 3.58. The van der Waals surface area contributed by atoms with Crippen molar-refractivity contribution in [3.05, 3.63) is 30.0 Å². The number of benzene rings is 1. The summed E-state index contributed by atoms with van der Waals surface area (Å²) >= 11 is 0. The quantitative estimate of drug-likeness (QED) is 0.408. The first kappa shape index (κ1) is 25.1. The van der Waals surface area contributed by atoms with Gasteiger partial charge in [0.05, 0.1) is 6.42 Å². The normalized spacial score (nSPS) is 9.57. The van der Waals surface area contributed by atoms with Crippen LogP contribution >= 0.6 is 0 Å². The summed E-state index contributed by atoms with van der Waals surface area (Å²) in [4.78, 5) is 30.8. The van der Waals surface area contributed by atoms with E-state index in [0.717, 1.165) is 28.7 Å². The highest BCUT2D eigenvalue weighted by Gasteiger charge is 2.10. The molecule has 9 nitrogen and oxygen atoms in total. The Morgan fingerprint density at radius 3 is 2.25 bits per heavy atom. The Bertz CT molecular complexity index is 758. The van der Waals surface area contributed by atoms with Gasteiger partial charge in [-0.1, -0.05) is 6.92 Å². The van der Waals surface area contributed by atoms with Crippen LogP contribution in [0.4, 0.5) is 5.69 Å². The summed E-state index contributed by atoms with van der Waals surface area (Å²) in [7, 11) is 3.35. The fraction of sp³-hybridized carbons (Fsp3) is 0.421. The fourth-order valence-corrected chi connectivity index (χ4v) is 2.50. The first-order valence-electron chi connectivity index (χ1n) is 8.91. The van der Waals surface area contributed by atoms with Gasteiger partial charge in [-0.15, -0.1) is 0 Å². The Labute approximate surface area is 164 Å². The number of rotatable bonds is 9. The number of aryl methyl sites for hydroxylation is 1. The van der Waals surface area contributed by atoms with Crippen molar-refractivity contribution < 1.29 is 24.6 Å². The average molecular weight is 394 g/mol. The van der Waals surface area contributed by atoms with E-state index in [1.165, 1.54) is 7.05 Å². The van der Waals surface area contributed by atoms with Crippen LogP contribution in [0.25, 0.3) is 10.9 Å². The third kappa shape index (κ3) is 8.65. The summed E-state index contributed by atoms with van der Waals surface area (Å²) < 4.78 is 1.99. The van der Waals surface area contributed by atoms with Crippen LogP contribution < -0.4 is 16.4 Å². The number of nitrogens with two attached hydrogens (primary N) is 1. The number of anilines is 1. The van der Waals surface area contributed by atoms with Crippen LogP contribution in [0.15, 0.2) is 24.3 Å². The molecule has 0 saturated heterocycles. The van der Waals surface area contributed by atoms with Gasteiger partial charge in [-0.05, 0) is 44.8 Å². The summed E-state index contributed by atoms with van der Waals surface area (Å²) in [6, 6.07) is 7.57. The van der Waals surface area contributed by atoms with Gasteiger partial charge in [0.1, 0.15) is 0 Å². The number of carbonyl (C=O) groups is 3. The van der Waals surface area contributed by atoms with Gasteiger partial charge in [-0.3, -0.25) is 14.4 Å². The number of nitrogens with zero attached hydrogens (tertiary/aromatic N) is 1. The lowest BCUT2D eigenvalue weighted by molar-refractivity contribution is -0.138. The van der Waals surface area contributed by atoms with Crippen LogP contribution in [-0.4, -0.2) is 47.2 Å². The number of carboxylic acid groups (broad SMARTS) is 2. The van der Waals surface area contributed by atoms with Crippen molar-refractivity contribution in [3.63, 3.8) is 0 Å². The van der Waals surface area contributed by atoms with Gasteiger partial charge in [0.25, 0.3) is 0 Å². The van der Waals surface area contributed by atoms with Crippen LogP contribution in [-0.2, 0) is 27.5 Å². The smallest absolute Gasteiger partial charge is 0.305 e. The number of carbonyl (C=O) groups excluding carboxylic acids is 1. The maximum Gasteiger partial charge on any atom is 0.305 e. The Hall–Kier alpha value is -2.91. The monoisotopic (exact) mass is 394 g/mol. The Kier molecular flexibility index (Phi) is 12.7. The molecule has 1 amide bonds. The van der Waals surface area contributed by atoms with Crippen LogP contribution in [0.3, 0.4) is 0 Å². The molecule has 0 atom stereocenters. The van der Waals surface area contributed by atoms with E-state index in [4.69, 9.17) is 10.2 Å². The molecule has 28 heavy (non-hydrogen) atoms. The van der Waals surface area contributed by atoms with E-state index >= 15 is 0 Å². The first-order chi connectivity index (χ1) is 13.4. The van der Waals surface area contributed by atoms with Gasteiger partial charge >= 0.3 is 11.9 Å². The zero-order valence-electron chi connectivity index (χ0n) is 16.6. The topological polar surface area (TPSA) is 147 Å². The van der Waals surface area contributed by atoms with Crippen LogP contribution in [0.2, 0.25) is 0 Å². The summed E-state index contributed by atoms with van der Waals surface area (Å²) in [6.45, 7) is 2.93. The van der Waals surface area contributed by atoms with E-state index < -0.39 is 11.9 Å². The lowest BCUT2D eigenvalue weighted by Crippen LogP contribution is -2.13. The molecule has 0 aliphatic carbocycles. The second kappa shape index (κ2) is 14.2. The summed E-state index contributed by atoms with van der Waals surface area (Å²) in [5, 5.41) is 23.4. The summed E-state index contributed by atoms with van der Waals surface area (Å²) in [5.74, 6) is -1.53. The van der Waals surface area contributed by atoms with Gasteiger partial charge in [0, 0.05) is 41.8 Å². The molecule has 0 saturated carbocycles. The predicted molar refractivity (Wildman–Crippen MR) is 109 cm³/mol. The van der Waals surface area contributed by atoms with Gasteiger partial charge in [-0.25, -0.2) is 0 Å². The lowest BCUT2D eigenvalue weighted by Gasteiger charge is -2.09. The molecule has 0 radical (unpaired) electrons. The molecule has 9 heteroatoms. The lowest BCUT2D eigenvalue weighted by atomic mass is 10.2. The molecule has 1 aromatic carbocycles. The first-order valence-corrected chi connectivity index (χ1v) is 8.91. The zero-order valence-corrected chi connectivity index (χ0v) is 16.6. The molecule has 1 aromatic heterocycles. The molecule has 0 aliphatic heterocycles. The molecule has 1 heterocycles. The van der Waals surface area contributed by atoms with Gasteiger partial charge in [0.15, 0.2) is 0 Å². The number of fused-ring (bicyclic) bond motifs is 1. The zero-order chi connectivity index (χ0) is 21.5. The number of hydrogen-bond donors (Lipinski definition) is 5. The number of hydrogen-bond acceptors (Lipinski definition) is 5. The molecule has 0 spiro atoms. The van der Waals surface area contributed by atoms with Crippen molar-refractivity contribution in [2.45, 2.75) is 39.3 Å². The highest BCUT2D eigenvalue weighted by molar-refractivity contribution is 5.87. The van der Waals surface area contributed by atoms with Crippen molar-refractivity contribution in [1.29, 1.82) is 0 Å². The molecule has 156 valence electrons. The minimum atomic E-state index is -0.818. The molecular formula is C19H30N4O5. The van der Waals surface area contributed by atoms with Crippen LogP contribution in [0.5, 0.6) is 0 Å². The standard InChI is InChI=1S/C14H17N3O3.C4H8O2.CH5N/c1-15-8-12-7-10-6-11(16-9-18)2-3-13(10)17(12)5-4-14(19)20;1-2-3-4(5)6;1-2/h2-3,6-7,9,15H,4-5,8H2,1H3,(H,16,18)(H,19,20);2-3H2,1H3,(H,5,6);2H2,1H3. The van der Waals surface area contributed by atoms with Gasteiger partial charge in [0.2, 0.25) is 6.41 Å². The number of nitrogens with one attached hydrogen (secondary N) is 2. The summed E-state index contributed by atoms with van der Waals surface area (Å²) in [6.07, 6.45) is 1.74. The molecule has 2 aromatic rings. The van der Waals surface area contributed by atoms with E-state index in [1.807, 2.05) is 36.7 Å². The van der Waals surface area contributed by atoms with E-state index in [-0.39, 0.29) is 6.42 Å². The van der Waals surface area contributed by atoms with E-state index in [2.05, 4.69) is 16.4 Å². The highest BCUT2D eigenvalue weighted by Crippen LogP contribution is 2.24. The molecule has 0 aliphatic rings. The molecular weight excluding hydrogens is 364 g/mol. The SMILES string of the molecule is CCCC(=O)O.CN.CNCc1cc2cc(NC=O)ccc2n1CCC(=O)O. The predicted octanol–water partition coefficient (Wildman–Crippen LogP) is 1.85. The number of amides is 1. The molecule has 6 N–H and O–H groups in total. The maximum atomic E-state index is 10.8. The number of aromatic nitrogens is 1. The van der Waals surface area contributed by atoms with Crippen molar-refractivity contribution in [2.24, 2.45) is 5.73 Å². The van der Waals surface area contributed by atoms with Crippen LogP contribution in [0, 0.1) is 0 Å². The number of aliphatic carboxylic acids is 2. The minimum absolute atomic E-state index is 0.0782. The molecule has 0 bridgehead atoms. The van der Waals surface area contributed by atoms with Crippen molar-refractivity contribution in [3.8, 4) is 0 Å². The third-order valence-electron chi connectivity index (χ3n) is 3.58. The van der Waals surface area contributed by atoms with Crippen molar-refractivity contribution in [2.75, 3.05) is 19.4 Å². The summed E-state index contributed by atoms with van der Waals surface area (Å²) in [5.41, 5.74) is 7.21. The minimum Gasteiger partial charge on any atom is -0.481 e. The Morgan fingerprint density at radius 1 is 1.14 bits per heavy atom. The molecule has 2 rings (SSSR count). The van der Waals surface area contributed by atoms with E-state index in [1.54, 1.807) is 6.07 Å². The number of carboxylic acids is 2. The van der Waals surface area contributed by atoms with E-state index in [9.17, 15) is 14.4 Å². The van der Waals surface area contributed by atoms with E-state index in [0.29, 0.717) is 25.9 Å². The Morgan fingerprint density at radius 2 is 1.79 bits per heavy atom. The second-order valence-electron chi connectivity index (χ2n) is 5.64. The highest BCUT2D eigenvalue weighted by atomic mass is 16.4. The van der Waals surface area contributed by atoms with Gasteiger partial charge < -0.3 is 31.1 Å². The largest absolute Gasteiger partial charge is 0.481 e. The fourth-order valence-electron chi connectivity index (χ4n) is 2.50. The second-order valence-corrected chi connectivity index (χ2v) is 5.64. The van der Waals surface area contributed by atoms with Crippen molar-refractivity contribution >= 4 is 34.9 Å². The van der Waals surface area contributed by atoms with Gasteiger partial charge in [-0.2, -0.15) is 0 Å². The average Bonchev–Trinajstić information content (AvgIpc) is 2.99. The molecule has 0 fully saturated rings. The molecule has 0 unspecified atom stereocenters. The maximum absolute atomic E-state index is 10.8. The van der Waals surface area contributed by atoms with Crippen LogP contribution in [0.1, 0.15) is 31.9 Å². The Balaban J connectivity index is 0.000000780.